The van der Waals surface area contributed by atoms with E-state index in [0.717, 1.165) is 6.07 Å². The predicted molar refractivity (Wildman–Crippen MR) is 62.9 cm³/mol. The Balaban J connectivity index is 2.27. The summed E-state index contributed by atoms with van der Waals surface area (Å²) >= 11 is 0. The summed E-state index contributed by atoms with van der Waals surface area (Å²) in [7, 11) is 0. The quantitative estimate of drug-likeness (QED) is 0.786. The molecule has 2 rings (SSSR count). The molecular formula is C13H14F3NO2. The van der Waals surface area contributed by atoms with E-state index in [-0.39, 0.29) is 17.0 Å². The maximum atomic E-state index is 12.8. The van der Waals surface area contributed by atoms with Gasteiger partial charge in [-0.25, -0.2) is 0 Å². The number of nitrogens with zero attached hydrogens (tertiary/aromatic N) is 1. The van der Waals surface area contributed by atoms with Crippen LogP contribution in [0.15, 0.2) is 18.2 Å². The molecule has 1 saturated heterocycles. The molecular weight excluding hydrogens is 259 g/mol. The molecule has 0 aliphatic carbocycles. The number of halogens is 3. The summed E-state index contributed by atoms with van der Waals surface area (Å²) in [5.74, 6) is -0.381. The molecule has 1 heterocycles. The number of rotatable bonds is 1. The van der Waals surface area contributed by atoms with Gasteiger partial charge in [-0.3, -0.25) is 4.79 Å². The summed E-state index contributed by atoms with van der Waals surface area (Å²) < 4.78 is 43.5. The van der Waals surface area contributed by atoms with Gasteiger partial charge in [0.1, 0.15) is 0 Å². The first-order valence-corrected chi connectivity index (χ1v) is 5.94. The third-order valence-electron chi connectivity index (χ3n) is 3.09. The molecule has 1 aliphatic rings. The second-order valence-corrected chi connectivity index (χ2v) is 4.43. The molecule has 0 unspecified atom stereocenters. The molecule has 3 nitrogen and oxygen atoms in total. The summed E-state index contributed by atoms with van der Waals surface area (Å²) in [5.41, 5.74) is -0.572. The summed E-state index contributed by atoms with van der Waals surface area (Å²) in [4.78, 5) is 13.6. The Morgan fingerprint density at radius 2 is 1.89 bits per heavy atom. The lowest BCUT2D eigenvalue weighted by Crippen LogP contribution is -2.40. The summed E-state index contributed by atoms with van der Waals surface area (Å²) in [5, 5.41) is 0. The van der Waals surface area contributed by atoms with Gasteiger partial charge in [0.2, 0.25) is 0 Å². The normalized spacial score (nSPS) is 16.5. The van der Waals surface area contributed by atoms with E-state index in [2.05, 4.69) is 0 Å². The van der Waals surface area contributed by atoms with Gasteiger partial charge in [-0.05, 0) is 24.6 Å². The topological polar surface area (TPSA) is 29.5 Å². The molecule has 0 aromatic heterocycles. The molecule has 0 saturated carbocycles. The number of ether oxygens (including phenoxy) is 1. The third-order valence-corrected chi connectivity index (χ3v) is 3.09. The average molecular weight is 273 g/mol. The van der Waals surface area contributed by atoms with Gasteiger partial charge >= 0.3 is 6.18 Å². The Hall–Kier alpha value is -1.56. The zero-order valence-electron chi connectivity index (χ0n) is 10.5. The van der Waals surface area contributed by atoms with Crippen LogP contribution in [0.3, 0.4) is 0 Å². The van der Waals surface area contributed by atoms with Crippen LogP contribution in [0.25, 0.3) is 0 Å². The van der Waals surface area contributed by atoms with Crippen molar-refractivity contribution in [2.24, 2.45) is 0 Å². The predicted octanol–water partition coefficient (Wildman–Crippen LogP) is 2.49. The van der Waals surface area contributed by atoms with Crippen molar-refractivity contribution in [3.05, 3.63) is 34.9 Å². The molecule has 0 radical (unpaired) electrons. The van der Waals surface area contributed by atoms with Gasteiger partial charge in [0, 0.05) is 18.7 Å². The van der Waals surface area contributed by atoms with Gasteiger partial charge < -0.3 is 9.64 Å². The number of carbonyl (C=O) groups excluding carboxylic acids is 1. The molecule has 104 valence electrons. The highest BCUT2D eigenvalue weighted by atomic mass is 19.4. The van der Waals surface area contributed by atoms with E-state index in [0.29, 0.717) is 26.3 Å². The minimum absolute atomic E-state index is 0.0693. The van der Waals surface area contributed by atoms with E-state index in [1.807, 2.05) is 0 Å². The second kappa shape index (κ2) is 5.21. The highest BCUT2D eigenvalue weighted by molar-refractivity contribution is 5.94. The lowest BCUT2D eigenvalue weighted by Gasteiger charge is -2.27. The lowest BCUT2D eigenvalue weighted by atomic mass is 10.0. The fourth-order valence-corrected chi connectivity index (χ4v) is 2.01. The average Bonchev–Trinajstić information content (AvgIpc) is 2.38. The number of amides is 1. The molecule has 0 N–H and O–H groups in total. The molecule has 19 heavy (non-hydrogen) atoms. The first kappa shape index (κ1) is 13.9. The minimum Gasteiger partial charge on any atom is -0.378 e. The summed E-state index contributed by atoms with van der Waals surface area (Å²) in [6, 6.07) is 3.69. The smallest absolute Gasteiger partial charge is 0.378 e. The first-order valence-electron chi connectivity index (χ1n) is 5.94. The standard InChI is InChI=1S/C13H14F3NO2/c1-9-2-3-10(8-11(9)13(14,15)16)12(18)17-4-6-19-7-5-17/h2-3,8H,4-7H2,1H3. The Morgan fingerprint density at radius 1 is 1.26 bits per heavy atom. The number of benzene rings is 1. The van der Waals surface area contributed by atoms with E-state index in [4.69, 9.17) is 4.74 Å². The van der Waals surface area contributed by atoms with Crippen molar-refractivity contribution in [2.75, 3.05) is 26.3 Å². The molecule has 6 heteroatoms. The largest absolute Gasteiger partial charge is 0.416 e. The fourth-order valence-electron chi connectivity index (χ4n) is 2.01. The highest BCUT2D eigenvalue weighted by Crippen LogP contribution is 2.32. The van der Waals surface area contributed by atoms with Crippen molar-refractivity contribution in [2.45, 2.75) is 13.1 Å². The van der Waals surface area contributed by atoms with Crippen LogP contribution in [0.4, 0.5) is 13.2 Å². The second-order valence-electron chi connectivity index (χ2n) is 4.43. The minimum atomic E-state index is -4.44. The van der Waals surface area contributed by atoms with Crippen LogP contribution in [0.5, 0.6) is 0 Å². The molecule has 1 aromatic rings. The van der Waals surface area contributed by atoms with Crippen molar-refractivity contribution in [3.63, 3.8) is 0 Å². The zero-order valence-corrected chi connectivity index (χ0v) is 10.5. The van der Waals surface area contributed by atoms with Gasteiger partial charge in [0.25, 0.3) is 5.91 Å². The Labute approximate surface area is 109 Å². The van der Waals surface area contributed by atoms with Crippen molar-refractivity contribution in [1.82, 2.24) is 4.90 Å². The summed E-state index contributed by atoms with van der Waals surface area (Å²) in [6.07, 6.45) is -4.44. The molecule has 0 spiro atoms. The maximum Gasteiger partial charge on any atom is 0.416 e. The molecule has 0 bridgehead atoms. The van der Waals surface area contributed by atoms with Crippen LogP contribution >= 0.6 is 0 Å². The third kappa shape index (κ3) is 3.07. The van der Waals surface area contributed by atoms with Crippen LogP contribution in [-0.2, 0) is 10.9 Å². The van der Waals surface area contributed by atoms with Gasteiger partial charge in [0.15, 0.2) is 0 Å². The lowest BCUT2D eigenvalue weighted by molar-refractivity contribution is -0.138. The number of carbonyl (C=O) groups is 1. The van der Waals surface area contributed by atoms with E-state index >= 15 is 0 Å². The van der Waals surface area contributed by atoms with Crippen LogP contribution in [0.1, 0.15) is 21.5 Å². The van der Waals surface area contributed by atoms with Crippen molar-refractivity contribution < 1.29 is 22.7 Å². The number of aryl methyl sites for hydroxylation is 1. The van der Waals surface area contributed by atoms with Crippen LogP contribution in [0, 0.1) is 6.92 Å². The zero-order chi connectivity index (χ0) is 14.0. The Morgan fingerprint density at radius 3 is 2.47 bits per heavy atom. The van der Waals surface area contributed by atoms with E-state index in [9.17, 15) is 18.0 Å². The Kier molecular flexibility index (Phi) is 3.80. The number of morpholine rings is 1. The number of alkyl halides is 3. The van der Waals surface area contributed by atoms with Crippen molar-refractivity contribution >= 4 is 5.91 Å². The van der Waals surface area contributed by atoms with Crippen LogP contribution < -0.4 is 0 Å². The van der Waals surface area contributed by atoms with E-state index in [1.165, 1.54) is 24.0 Å². The fraction of sp³-hybridized carbons (Fsp3) is 0.462. The monoisotopic (exact) mass is 273 g/mol. The van der Waals surface area contributed by atoms with Crippen LogP contribution in [-0.4, -0.2) is 37.1 Å². The first-order chi connectivity index (χ1) is 8.89. The molecule has 1 aromatic carbocycles. The molecule has 0 atom stereocenters. The Bertz CT molecular complexity index is 479. The summed E-state index contributed by atoms with van der Waals surface area (Å²) in [6.45, 7) is 3.04. The van der Waals surface area contributed by atoms with Crippen molar-refractivity contribution in [3.8, 4) is 0 Å². The molecule has 1 amide bonds. The van der Waals surface area contributed by atoms with E-state index < -0.39 is 11.7 Å². The van der Waals surface area contributed by atoms with Crippen LogP contribution in [0.2, 0.25) is 0 Å². The molecule has 1 fully saturated rings. The van der Waals surface area contributed by atoms with Gasteiger partial charge in [-0.15, -0.1) is 0 Å². The van der Waals surface area contributed by atoms with Gasteiger partial charge in [-0.1, -0.05) is 6.07 Å². The van der Waals surface area contributed by atoms with Gasteiger partial charge in [0.05, 0.1) is 18.8 Å². The number of hydrogen-bond acceptors (Lipinski definition) is 2. The number of hydrogen-bond donors (Lipinski definition) is 0. The SMILES string of the molecule is Cc1ccc(C(=O)N2CCOCC2)cc1C(F)(F)F. The van der Waals surface area contributed by atoms with E-state index in [1.54, 1.807) is 0 Å². The maximum absolute atomic E-state index is 12.8. The highest BCUT2D eigenvalue weighted by Gasteiger charge is 2.33. The molecule has 1 aliphatic heterocycles. The van der Waals surface area contributed by atoms with Crippen molar-refractivity contribution in [1.29, 1.82) is 0 Å². The van der Waals surface area contributed by atoms with Gasteiger partial charge in [-0.2, -0.15) is 13.2 Å².